The summed E-state index contributed by atoms with van der Waals surface area (Å²) in [6.07, 6.45) is 8.39. The maximum atomic E-state index is 12.7. The van der Waals surface area contributed by atoms with Crippen LogP contribution in [-0.2, 0) is 0 Å². The van der Waals surface area contributed by atoms with E-state index in [4.69, 9.17) is 11.6 Å². The standard InChI is InChI=1S/C21H19ClN6O/c22-15-3-5-17(6-4-15)28-12-8-18(25-28)21(29)24-16-7-11-27(14-16)20-19-2-1-10-26(19)13-9-23-20/h1-6,8-10,12-13,16H,7,11,14H2,(H,24,29)/t16-/m0/s1. The van der Waals surface area contributed by atoms with Gasteiger partial charge in [0.2, 0.25) is 0 Å². The molecule has 1 N–H and O–H groups in total. The highest BCUT2D eigenvalue weighted by Gasteiger charge is 2.27. The molecule has 0 bridgehead atoms. The highest BCUT2D eigenvalue weighted by Crippen LogP contribution is 2.23. The predicted molar refractivity (Wildman–Crippen MR) is 112 cm³/mol. The summed E-state index contributed by atoms with van der Waals surface area (Å²) in [5.41, 5.74) is 2.32. The fourth-order valence-corrected chi connectivity index (χ4v) is 3.84. The molecule has 4 heterocycles. The maximum absolute atomic E-state index is 12.7. The van der Waals surface area contributed by atoms with E-state index in [9.17, 15) is 4.79 Å². The lowest BCUT2D eigenvalue weighted by Gasteiger charge is -2.18. The van der Waals surface area contributed by atoms with Gasteiger partial charge in [0.1, 0.15) is 0 Å². The van der Waals surface area contributed by atoms with Crippen molar-refractivity contribution in [2.75, 3.05) is 18.0 Å². The van der Waals surface area contributed by atoms with Crippen LogP contribution >= 0.6 is 11.6 Å². The van der Waals surface area contributed by atoms with Crippen molar-refractivity contribution in [3.8, 4) is 5.69 Å². The van der Waals surface area contributed by atoms with Crippen LogP contribution in [0, 0.1) is 0 Å². The van der Waals surface area contributed by atoms with Crippen molar-refractivity contribution in [1.29, 1.82) is 0 Å². The lowest BCUT2D eigenvalue weighted by molar-refractivity contribution is 0.0935. The molecule has 1 aliphatic heterocycles. The number of nitrogens with one attached hydrogen (secondary N) is 1. The molecular formula is C21H19ClN6O. The van der Waals surface area contributed by atoms with Crippen molar-refractivity contribution in [2.24, 2.45) is 0 Å². The molecule has 1 saturated heterocycles. The molecule has 5 rings (SSSR count). The molecule has 29 heavy (non-hydrogen) atoms. The Morgan fingerprint density at radius 1 is 1.10 bits per heavy atom. The molecule has 1 amide bonds. The molecule has 1 aromatic carbocycles. The van der Waals surface area contributed by atoms with E-state index in [-0.39, 0.29) is 11.9 Å². The van der Waals surface area contributed by atoms with Crippen molar-refractivity contribution in [3.05, 3.63) is 78.0 Å². The first-order valence-corrected chi connectivity index (χ1v) is 9.84. The van der Waals surface area contributed by atoms with Gasteiger partial charge in [0.05, 0.1) is 11.2 Å². The Bertz CT molecular complexity index is 1170. The summed E-state index contributed by atoms with van der Waals surface area (Å²) in [6, 6.07) is 13.2. The Labute approximate surface area is 172 Å². The zero-order valence-electron chi connectivity index (χ0n) is 15.6. The largest absolute Gasteiger partial charge is 0.353 e. The summed E-state index contributed by atoms with van der Waals surface area (Å²) < 4.78 is 3.72. The molecule has 0 spiro atoms. The Morgan fingerprint density at radius 3 is 2.83 bits per heavy atom. The number of rotatable bonds is 4. The molecule has 1 atom stereocenters. The number of aromatic nitrogens is 4. The van der Waals surface area contributed by atoms with Crippen LogP contribution in [0.1, 0.15) is 16.9 Å². The molecule has 0 saturated carbocycles. The van der Waals surface area contributed by atoms with Crippen molar-refractivity contribution < 1.29 is 4.79 Å². The van der Waals surface area contributed by atoms with E-state index >= 15 is 0 Å². The van der Waals surface area contributed by atoms with Gasteiger partial charge in [0.15, 0.2) is 11.5 Å². The van der Waals surface area contributed by atoms with Gasteiger partial charge in [0, 0.05) is 48.9 Å². The van der Waals surface area contributed by atoms with Gasteiger partial charge in [-0.25, -0.2) is 9.67 Å². The van der Waals surface area contributed by atoms with Gasteiger partial charge in [-0.3, -0.25) is 4.79 Å². The van der Waals surface area contributed by atoms with Crippen LogP contribution in [0.4, 0.5) is 5.82 Å². The van der Waals surface area contributed by atoms with Gasteiger partial charge in [-0.05, 0) is 48.9 Å². The minimum absolute atomic E-state index is 0.0557. The van der Waals surface area contributed by atoms with Gasteiger partial charge >= 0.3 is 0 Å². The molecule has 8 heteroatoms. The number of hydrogen-bond donors (Lipinski definition) is 1. The van der Waals surface area contributed by atoms with E-state index in [0.29, 0.717) is 10.7 Å². The van der Waals surface area contributed by atoms with Gasteiger partial charge in [-0.1, -0.05) is 11.6 Å². The number of benzene rings is 1. The van der Waals surface area contributed by atoms with E-state index in [1.807, 2.05) is 30.6 Å². The zero-order valence-corrected chi connectivity index (χ0v) is 16.3. The van der Waals surface area contributed by atoms with Crippen molar-refractivity contribution in [1.82, 2.24) is 24.5 Å². The minimum Gasteiger partial charge on any atom is -0.353 e. The van der Waals surface area contributed by atoms with Crippen LogP contribution in [0.3, 0.4) is 0 Å². The van der Waals surface area contributed by atoms with Crippen LogP contribution < -0.4 is 10.2 Å². The van der Waals surface area contributed by atoms with E-state index < -0.39 is 0 Å². The molecule has 1 aliphatic rings. The summed E-state index contributed by atoms with van der Waals surface area (Å²) in [6.45, 7) is 1.57. The first-order chi connectivity index (χ1) is 14.2. The molecule has 7 nitrogen and oxygen atoms in total. The number of halogens is 1. The normalized spacial score (nSPS) is 16.4. The maximum Gasteiger partial charge on any atom is 0.272 e. The summed E-state index contributed by atoms with van der Waals surface area (Å²) in [4.78, 5) is 19.4. The van der Waals surface area contributed by atoms with Crippen molar-refractivity contribution in [3.63, 3.8) is 0 Å². The third-order valence-corrected chi connectivity index (χ3v) is 5.42. The van der Waals surface area contributed by atoms with Crippen LogP contribution in [0.5, 0.6) is 0 Å². The third-order valence-electron chi connectivity index (χ3n) is 5.17. The van der Waals surface area contributed by atoms with Crippen LogP contribution in [0.15, 0.2) is 67.3 Å². The number of carbonyl (C=O) groups is 1. The molecule has 1 fully saturated rings. The summed E-state index contributed by atoms with van der Waals surface area (Å²) in [5, 5.41) is 8.16. The zero-order chi connectivity index (χ0) is 19.8. The molecule has 4 aromatic rings. The second-order valence-corrected chi connectivity index (χ2v) is 7.52. The summed E-state index contributed by atoms with van der Waals surface area (Å²) in [5.74, 6) is 0.777. The van der Waals surface area contributed by atoms with E-state index in [2.05, 4.69) is 30.8 Å². The lowest BCUT2D eigenvalue weighted by Crippen LogP contribution is -2.37. The van der Waals surface area contributed by atoms with E-state index in [1.54, 1.807) is 35.3 Å². The first kappa shape index (κ1) is 17.8. The Kier molecular flexibility index (Phi) is 4.44. The average Bonchev–Trinajstić information content (AvgIpc) is 3.48. The van der Waals surface area contributed by atoms with Crippen LogP contribution in [0.2, 0.25) is 5.02 Å². The second-order valence-electron chi connectivity index (χ2n) is 7.08. The highest BCUT2D eigenvalue weighted by atomic mass is 35.5. The van der Waals surface area contributed by atoms with Gasteiger partial charge in [-0.15, -0.1) is 0 Å². The van der Waals surface area contributed by atoms with Gasteiger partial charge in [-0.2, -0.15) is 5.10 Å². The average molecular weight is 407 g/mol. The highest BCUT2D eigenvalue weighted by molar-refractivity contribution is 6.30. The molecule has 3 aromatic heterocycles. The smallest absolute Gasteiger partial charge is 0.272 e. The number of anilines is 1. The van der Waals surface area contributed by atoms with Gasteiger partial charge < -0.3 is 14.6 Å². The number of amides is 1. The van der Waals surface area contributed by atoms with E-state index in [0.717, 1.165) is 36.5 Å². The molecule has 0 unspecified atom stereocenters. The Hall–Kier alpha value is -3.32. The number of fused-ring (bicyclic) bond motifs is 1. The number of carbonyl (C=O) groups excluding carboxylic acids is 1. The topological polar surface area (TPSA) is 67.5 Å². The van der Waals surface area contributed by atoms with Crippen LogP contribution in [-0.4, -0.2) is 44.2 Å². The number of nitrogens with zero attached hydrogens (tertiary/aromatic N) is 5. The SMILES string of the molecule is O=C(N[C@H]1CCN(c2nccn3cccc23)C1)c1ccn(-c2ccc(Cl)cc2)n1. The van der Waals surface area contributed by atoms with E-state index in [1.165, 1.54) is 0 Å². The molecule has 0 radical (unpaired) electrons. The molecular weight excluding hydrogens is 388 g/mol. The first-order valence-electron chi connectivity index (χ1n) is 9.46. The second kappa shape index (κ2) is 7.25. The predicted octanol–water partition coefficient (Wildman–Crippen LogP) is 3.18. The molecule has 146 valence electrons. The number of hydrogen-bond acceptors (Lipinski definition) is 4. The summed E-state index contributed by atoms with van der Waals surface area (Å²) in [7, 11) is 0. The molecule has 0 aliphatic carbocycles. The minimum atomic E-state index is -0.168. The fourth-order valence-electron chi connectivity index (χ4n) is 3.71. The van der Waals surface area contributed by atoms with Crippen molar-refractivity contribution in [2.45, 2.75) is 12.5 Å². The quantitative estimate of drug-likeness (QED) is 0.565. The Balaban J connectivity index is 1.26. The monoisotopic (exact) mass is 406 g/mol. The fraction of sp³-hybridized carbons (Fsp3) is 0.190. The third kappa shape index (κ3) is 3.45. The van der Waals surface area contributed by atoms with Crippen molar-refractivity contribution >= 4 is 28.8 Å². The van der Waals surface area contributed by atoms with Gasteiger partial charge in [0.25, 0.3) is 5.91 Å². The van der Waals surface area contributed by atoms with Crippen LogP contribution in [0.25, 0.3) is 11.2 Å². The Morgan fingerprint density at radius 2 is 1.97 bits per heavy atom. The lowest BCUT2D eigenvalue weighted by atomic mass is 10.2. The summed E-state index contributed by atoms with van der Waals surface area (Å²) >= 11 is 5.93.